The van der Waals surface area contributed by atoms with Crippen molar-refractivity contribution in [3.05, 3.63) is 86.6 Å². The van der Waals surface area contributed by atoms with E-state index in [1.165, 1.54) is 30.5 Å². The topological polar surface area (TPSA) is 84.4 Å². The lowest BCUT2D eigenvalue weighted by atomic mass is 10.0. The number of anilines is 1. The van der Waals surface area contributed by atoms with Crippen LogP contribution in [0.25, 0.3) is 0 Å². The molecular weight excluding hydrogens is 495 g/mol. The van der Waals surface area contributed by atoms with Crippen molar-refractivity contribution in [2.75, 3.05) is 10.8 Å². The molecule has 0 fully saturated rings. The largest absolute Gasteiger partial charge is 0.294 e. The van der Waals surface area contributed by atoms with Gasteiger partial charge in [-0.2, -0.15) is 0 Å². The fraction of sp³-hybridized carbons (Fsp3) is 0.136. The molecule has 6 nitrogen and oxygen atoms in total. The highest BCUT2D eigenvalue weighted by molar-refractivity contribution is 7.92. The average molecular weight is 510 g/mol. The molecule has 10 heteroatoms. The molecular formula is C22H15Cl3N2O4S. The molecule has 0 unspecified atom stereocenters. The molecule has 0 amide bonds. The summed E-state index contributed by atoms with van der Waals surface area (Å²) in [6.45, 7) is -0.0455. The lowest BCUT2D eigenvalue weighted by Crippen LogP contribution is -2.38. The molecule has 4 rings (SSSR count). The van der Waals surface area contributed by atoms with Crippen molar-refractivity contribution < 1.29 is 18.0 Å². The second-order valence-corrected chi connectivity index (χ2v) is 10.2. The highest BCUT2D eigenvalue weighted by Crippen LogP contribution is 2.33. The average Bonchev–Trinajstić information content (AvgIpc) is 2.73. The van der Waals surface area contributed by atoms with Crippen molar-refractivity contribution in [1.82, 2.24) is 4.98 Å². The number of pyridine rings is 1. The number of carbonyl (C=O) groups is 2. The molecule has 2 heterocycles. The fourth-order valence-electron chi connectivity index (χ4n) is 3.48. The van der Waals surface area contributed by atoms with Crippen LogP contribution in [0, 0.1) is 0 Å². The van der Waals surface area contributed by atoms with Crippen LogP contribution in [0.1, 0.15) is 32.8 Å². The lowest BCUT2D eigenvalue weighted by Gasteiger charge is -2.29. The molecule has 1 aliphatic rings. The number of ketones is 2. The Morgan fingerprint density at radius 2 is 1.72 bits per heavy atom. The summed E-state index contributed by atoms with van der Waals surface area (Å²) in [5.74, 6) is -0.627. The molecule has 2 aromatic carbocycles. The van der Waals surface area contributed by atoms with E-state index < -0.39 is 10.0 Å². The van der Waals surface area contributed by atoms with Gasteiger partial charge in [-0.15, -0.1) is 0 Å². The predicted molar refractivity (Wildman–Crippen MR) is 124 cm³/mol. The zero-order valence-corrected chi connectivity index (χ0v) is 19.5. The molecule has 0 radical (unpaired) electrons. The summed E-state index contributed by atoms with van der Waals surface area (Å²) in [7, 11) is -4.00. The number of hydrogen-bond donors (Lipinski definition) is 0. The van der Waals surface area contributed by atoms with E-state index >= 15 is 0 Å². The van der Waals surface area contributed by atoms with Crippen molar-refractivity contribution in [3.63, 3.8) is 0 Å². The van der Waals surface area contributed by atoms with Gasteiger partial charge in [-0.05, 0) is 42.0 Å². The molecule has 0 atom stereocenters. The number of Topliss-reactive ketones (excluding diaryl/α,β-unsaturated/α-hetero) is 2. The molecule has 0 saturated heterocycles. The number of sulfonamides is 1. The third-order valence-electron chi connectivity index (χ3n) is 4.99. The number of nitrogens with zero attached hydrogens (tertiary/aromatic N) is 2. The van der Waals surface area contributed by atoms with Crippen molar-refractivity contribution in [3.8, 4) is 0 Å². The fourth-order valence-corrected chi connectivity index (χ4v) is 5.85. The Balaban J connectivity index is 1.73. The van der Waals surface area contributed by atoms with Crippen LogP contribution < -0.4 is 4.31 Å². The Morgan fingerprint density at radius 3 is 2.41 bits per heavy atom. The number of fused-ring (bicyclic) bond motifs is 1. The quantitative estimate of drug-likeness (QED) is 0.439. The van der Waals surface area contributed by atoms with E-state index in [0.29, 0.717) is 5.56 Å². The van der Waals surface area contributed by atoms with Crippen molar-refractivity contribution >= 4 is 62.1 Å². The van der Waals surface area contributed by atoms with Gasteiger partial charge in [0, 0.05) is 30.6 Å². The monoisotopic (exact) mass is 508 g/mol. The first kappa shape index (κ1) is 22.7. The number of halogens is 3. The van der Waals surface area contributed by atoms with E-state index in [-0.39, 0.29) is 67.9 Å². The van der Waals surface area contributed by atoms with Crippen LogP contribution in [-0.2, 0) is 16.4 Å². The summed E-state index contributed by atoms with van der Waals surface area (Å²) < 4.78 is 27.7. The van der Waals surface area contributed by atoms with Gasteiger partial charge in [-0.25, -0.2) is 8.42 Å². The summed E-state index contributed by atoms with van der Waals surface area (Å²) in [4.78, 5) is 29.4. The van der Waals surface area contributed by atoms with Gasteiger partial charge in [-0.3, -0.25) is 18.9 Å². The molecule has 1 aromatic heterocycles. The van der Waals surface area contributed by atoms with Gasteiger partial charge in [0.05, 0.1) is 26.2 Å². The molecule has 3 aromatic rings. The Morgan fingerprint density at radius 1 is 1.03 bits per heavy atom. The number of hydrogen-bond acceptors (Lipinski definition) is 5. The maximum atomic E-state index is 13.3. The summed E-state index contributed by atoms with van der Waals surface area (Å²) in [5.41, 5.74) is 0.754. The second kappa shape index (κ2) is 8.83. The first-order chi connectivity index (χ1) is 15.2. The number of aromatic nitrogens is 1. The lowest BCUT2D eigenvalue weighted by molar-refractivity contribution is 0.0975. The first-order valence-corrected chi connectivity index (χ1v) is 12.0. The van der Waals surface area contributed by atoms with Gasteiger partial charge in [0.2, 0.25) is 0 Å². The molecule has 0 spiro atoms. The van der Waals surface area contributed by atoms with Gasteiger partial charge in [0.25, 0.3) is 10.0 Å². The van der Waals surface area contributed by atoms with E-state index in [0.717, 1.165) is 4.31 Å². The van der Waals surface area contributed by atoms with Gasteiger partial charge in [-0.1, -0.05) is 46.9 Å². The third kappa shape index (κ3) is 4.26. The number of rotatable bonds is 5. The second-order valence-electron chi connectivity index (χ2n) is 7.12. The molecule has 1 aliphatic heterocycles. The smallest absolute Gasteiger partial charge is 0.264 e. The molecule has 0 aliphatic carbocycles. The Bertz CT molecular complexity index is 1340. The summed E-state index contributed by atoms with van der Waals surface area (Å²) >= 11 is 18.2. The van der Waals surface area contributed by atoms with Crippen LogP contribution in [0.4, 0.5) is 5.69 Å². The van der Waals surface area contributed by atoms with Crippen LogP contribution in [-0.4, -0.2) is 31.5 Å². The number of benzene rings is 2. The van der Waals surface area contributed by atoms with Crippen molar-refractivity contribution in [2.24, 2.45) is 0 Å². The Hall–Kier alpha value is -2.45. The van der Waals surface area contributed by atoms with Gasteiger partial charge in [0.15, 0.2) is 11.6 Å². The predicted octanol–water partition coefficient (Wildman–Crippen LogP) is 5.25. The van der Waals surface area contributed by atoms with E-state index in [1.54, 1.807) is 24.3 Å². The zero-order chi connectivity index (χ0) is 23.0. The summed E-state index contributed by atoms with van der Waals surface area (Å²) in [6, 6.07) is 12.1. The molecule has 164 valence electrons. The molecule has 0 saturated carbocycles. The van der Waals surface area contributed by atoms with Crippen molar-refractivity contribution in [1.29, 1.82) is 0 Å². The van der Waals surface area contributed by atoms with E-state index in [1.807, 2.05) is 0 Å². The Labute approximate surface area is 199 Å². The van der Waals surface area contributed by atoms with Gasteiger partial charge in [0.1, 0.15) is 5.69 Å². The van der Waals surface area contributed by atoms with Gasteiger partial charge >= 0.3 is 0 Å². The maximum absolute atomic E-state index is 13.3. The minimum Gasteiger partial charge on any atom is -0.294 e. The SMILES string of the molecule is O=C1CCN(S(=O)(=O)c2cccc(Cl)c2)c2cc(CC(=O)c3c(Cl)cccc3Cl)cnc21. The van der Waals surface area contributed by atoms with E-state index in [9.17, 15) is 18.0 Å². The van der Waals surface area contributed by atoms with Crippen LogP contribution in [0.3, 0.4) is 0 Å². The standard InChI is InChI=1S/C22H15Cl3N2O4S/c23-14-3-1-4-15(11-14)32(30,31)27-8-7-19(28)22-18(27)9-13(12-26-22)10-20(29)21-16(24)5-2-6-17(21)25/h1-6,9,11-12H,7-8,10H2. The van der Waals surface area contributed by atoms with Crippen LogP contribution in [0.5, 0.6) is 0 Å². The maximum Gasteiger partial charge on any atom is 0.264 e. The molecule has 0 bridgehead atoms. The molecule has 0 N–H and O–H groups in total. The van der Waals surface area contributed by atoms with Crippen molar-refractivity contribution in [2.45, 2.75) is 17.7 Å². The molecule has 32 heavy (non-hydrogen) atoms. The van der Waals surface area contributed by atoms with E-state index in [2.05, 4.69) is 4.98 Å². The van der Waals surface area contributed by atoms with Crippen LogP contribution in [0.15, 0.2) is 59.6 Å². The summed E-state index contributed by atoms with van der Waals surface area (Å²) in [6.07, 6.45) is 1.26. The number of carbonyl (C=O) groups excluding carboxylic acids is 2. The van der Waals surface area contributed by atoms with Crippen LogP contribution >= 0.6 is 34.8 Å². The first-order valence-electron chi connectivity index (χ1n) is 9.46. The third-order valence-corrected chi connectivity index (χ3v) is 7.66. The Kier molecular flexibility index (Phi) is 6.27. The minimum absolute atomic E-state index is 0.00497. The highest BCUT2D eigenvalue weighted by Gasteiger charge is 2.34. The van der Waals surface area contributed by atoms with Crippen LogP contribution in [0.2, 0.25) is 15.1 Å². The zero-order valence-electron chi connectivity index (χ0n) is 16.4. The normalized spacial score (nSPS) is 13.7. The minimum atomic E-state index is -4.00. The van der Waals surface area contributed by atoms with Gasteiger partial charge < -0.3 is 0 Å². The highest BCUT2D eigenvalue weighted by atomic mass is 35.5. The summed E-state index contributed by atoms with van der Waals surface area (Å²) in [5, 5.41) is 0.705. The van der Waals surface area contributed by atoms with E-state index in [4.69, 9.17) is 34.8 Å².